The Morgan fingerprint density at radius 1 is 1.03 bits per heavy atom. The lowest BCUT2D eigenvalue weighted by atomic mass is 9.95. The van der Waals surface area contributed by atoms with Crippen molar-refractivity contribution in [1.82, 2.24) is 19.9 Å². The van der Waals surface area contributed by atoms with E-state index < -0.39 is 31.4 Å². The summed E-state index contributed by atoms with van der Waals surface area (Å²) < 4.78 is 65.9. The smallest absolute Gasteiger partial charge is 0.317 e. The van der Waals surface area contributed by atoms with Crippen LogP contribution in [0.3, 0.4) is 0 Å². The molecule has 2 aliphatic heterocycles. The molecule has 4 heterocycles. The number of halogens is 3. The van der Waals surface area contributed by atoms with Crippen molar-refractivity contribution in [2.75, 3.05) is 45.5 Å². The third kappa shape index (κ3) is 8.36. The van der Waals surface area contributed by atoms with Crippen LogP contribution in [0.25, 0.3) is 39.0 Å². The lowest BCUT2D eigenvalue weighted by molar-refractivity contribution is 0.0512. The fraction of sp³-hybridized carbons (Fsp3) is 0.438. The monoisotopic (exact) mass is 835 g/mol. The van der Waals surface area contributed by atoms with Crippen LogP contribution in [0.1, 0.15) is 77.5 Å². The molecule has 0 bridgehead atoms. The first-order chi connectivity index (χ1) is 28.8. The van der Waals surface area contributed by atoms with Gasteiger partial charge in [-0.15, -0.1) is 5.54 Å². The molecule has 2 atom stereocenters. The van der Waals surface area contributed by atoms with E-state index in [9.17, 15) is 4.39 Å². The largest absolute Gasteiger partial charge is 0.468 e. The number of nitrogens with one attached hydrogen (secondary N) is 1. The third-order valence-corrected chi connectivity index (χ3v) is 19.0. The quantitative estimate of drug-likeness (QED) is 0.0634. The van der Waals surface area contributed by atoms with Gasteiger partial charge in [0.25, 0.3) is 0 Å². The summed E-state index contributed by atoms with van der Waals surface area (Å²) in [4.78, 5) is 16.3. The number of aromatic nitrogens is 3. The van der Waals surface area contributed by atoms with Crippen molar-refractivity contribution in [3.63, 3.8) is 0 Å². The molecule has 8 nitrogen and oxygen atoms in total. The van der Waals surface area contributed by atoms with Crippen LogP contribution in [0.2, 0.25) is 16.6 Å². The van der Waals surface area contributed by atoms with Crippen LogP contribution in [0, 0.1) is 23.1 Å². The summed E-state index contributed by atoms with van der Waals surface area (Å²) in [5.41, 5.74) is 6.61. The molecular weight excluding hydrogens is 780 g/mol. The summed E-state index contributed by atoms with van der Waals surface area (Å²) in [5, 5.41) is 4.79. The summed E-state index contributed by atoms with van der Waals surface area (Å²) >= 11 is 0. The maximum Gasteiger partial charge on any atom is 0.317 e. The lowest BCUT2D eigenvalue weighted by Gasteiger charge is -2.38. The Kier molecular flexibility index (Phi) is 12.9. The van der Waals surface area contributed by atoms with Crippen molar-refractivity contribution >= 4 is 41.6 Å². The highest BCUT2D eigenvalue weighted by Gasteiger charge is 2.49. The number of nitrogens with zero attached hydrogens (tertiary/aromatic N) is 4. The average Bonchev–Trinajstić information content (AvgIpc) is 3.76. The van der Waals surface area contributed by atoms with Gasteiger partial charge in [0.05, 0.1) is 16.5 Å². The Morgan fingerprint density at radius 2 is 1.82 bits per heavy atom. The second-order valence-electron chi connectivity index (χ2n) is 17.2. The zero-order chi connectivity index (χ0) is 42.8. The number of hydrogen-bond acceptors (Lipinski definition) is 8. The maximum absolute atomic E-state index is 17.5. The summed E-state index contributed by atoms with van der Waals surface area (Å²) in [5.74, 6) is 2.82. The minimum atomic E-state index is -2.32. The molecule has 0 unspecified atom stereocenters. The van der Waals surface area contributed by atoms with Crippen LogP contribution >= 0.6 is 0 Å². The molecule has 12 heteroatoms. The van der Waals surface area contributed by atoms with E-state index in [2.05, 4.69) is 85.8 Å². The van der Waals surface area contributed by atoms with E-state index >= 15 is 8.78 Å². The number of anilines is 1. The van der Waals surface area contributed by atoms with Gasteiger partial charge in [-0.1, -0.05) is 90.4 Å². The molecule has 1 N–H and O–H groups in total. The topological polar surface area (TPSA) is 81.6 Å². The Bertz CT molecular complexity index is 2430. The predicted molar refractivity (Wildman–Crippen MR) is 238 cm³/mol. The minimum Gasteiger partial charge on any atom is -0.468 e. The van der Waals surface area contributed by atoms with Gasteiger partial charge < -0.3 is 19.5 Å². The molecule has 316 valence electrons. The van der Waals surface area contributed by atoms with Gasteiger partial charge in [-0.25, -0.2) is 23.1 Å². The number of alkyl halides is 1. The van der Waals surface area contributed by atoms with Crippen molar-refractivity contribution in [3.8, 4) is 34.5 Å². The van der Waals surface area contributed by atoms with Crippen LogP contribution < -0.4 is 14.8 Å². The molecule has 2 saturated heterocycles. The molecule has 2 aliphatic rings. The molecule has 3 aromatic carbocycles. The zero-order valence-corrected chi connectivity index (χ0v) is 36.8. The second-order valence-corrected chi connectivity index (χ2v) is 22.8. The van der Waals surface area contributed by atoms with Crippen LogP contribution in [-0.2, 0) is 11.2 Å². The first-order valence-electron chi connectivity index (χ1n) is 21.0. The Labute approximate surface area is 353 Å². The highest BCUT2D eigenvalue weighted by molar-refractivity contribution is 6.90. The minimum absolute atomic E-state index is 0.0220. The first kappa shape index (κ1) is 43.1. The van der Waals surface area contributed by atoms with E-state index in [-0.39, 0.29) is 41.7 Å². The van der Waals surface area contributed by atoms with E-state index in [1.54, 1.807) is 24.3 Å². The number of fused-ring (bicyclic) bond motifs is 3. The molecule has 5 aromatic rings. The molecule has 60 heavy (non-hydrogen) atoms. The number of ether oxygens (including phenoxy) is 3. The summed E-state index contributed by atoms with van der Waals surface area (Å²) in [6, 6.07) is 14.5. The van der Waals surface area contributed by atoms with Crippen molar-refractivity contribution in [2.24, 2.45) is 0 Å². The summed E-state index contributed by atoms with van der Waals surface area (Å²) in [6.07, 6.45) is 5.15. The number of pyridine rings is 1. The van der Waals surface area contributed by atoms with Gasteiger partial charge in [0.2, 0.25) is 0 Å². The highest BCUT2D eigenvalue weighted by atomic mass is 28.3. The van der Waals surface area contributed by atoms with Crippen LogP contribution in [0.5, 0.6) is 11.8 Å². The third-order valence-electron chi connectivity index (χ3n) is 12.7. The van der Waals surface area contributed by atoms with E-state index in [0.717, 1.165) is 30.5 Å². The molecule has 0 aliphatic carbocycles. The standard InChI is InChI=1S/C48H56F3N5O3Si/c1-9-33-12-10-13-34(22-33)16-19-52-46-40-26-53-47(58-28-48-18-11-20-56(48)27-36(49)25-48)55-45(40)43(51)44(54-46)39-24-37(59-29-57-8)23-35-14-15-41(50)38(42(35)39)17-21-60(30(2)3,31(4)5)32(6)7/h9-10,12-15,22-24,26,30-32,36H,1,11,16,18-20,25,27-29H2,2-8H3,(H,52,54)/t36-,48+/m1/s1. The van der Waals surface area contributed by atoms with E-state index in [1.807, 2.05) is 18.2 Å². The van der Waals surface area contributed by atoms with Crippen molar-refractivity contribution < 1.29 is 27.4 Å². The SMILES string of the molecule is C=Cc1cccc(CCNc2nc(-c3cc(OCOC)cc4ccc(F)c(C#C[Si](C(C)C)(C(C)C)C(C)C)c34)c(F)c3nc(OC[C@@]45CCCN4C[C@H](F)C5)ncc23)c1. The van der Waals surface area contributed by atoms with Crippen molar-refractivity contribution in [3.05, 3.63) is 89.6 Å². The normalized spacial score (nSPS) is 18.1. The van der Waals surface area contributed by atoms with Gasteiger partial charge in [0.1, 0.15) is 49.4 Å². The molecule has 0 radical (unpaired) electrons. The Morgan fingerprint density at radius 3 is 2.55 bits per heavy atom. The van der Waals surface area contributed by atoms with Gasteiger partial charge in [0, 0.05) is 43.8 Å². The number of hydrogen-bond donors (Lipinski definition) is 1. The van der Waals surface area contributed by atoms with Crippen LogP contribution in [0.15, 0.2) is 61.3 Å². The molecule has 0 spiro atoms. The summed E-state index contributed by atoms with van der Waals surface area (Å²) in [6.45, 7) is 18.9. The maximum atomic E-state index is 17.5. The van der Waals surface area contributed by atoms with Gasteiger partial charge in [0.15, 0.2) is 12.6 Å². The van der Waals surface area contributed by atoms with E-state index in [0.29, 0.717) is 70.3 Å². The zero-order valence-electron chi connectivity index (χ0n) is 35.8. The average molecular weight is 836 g/mol. The highest BCUT2D eigenvalue weighted by Crippen LogP contribution is 2.43. The number of methoxy groups -OCH3 is 1. The lowest BCUT2D eigenvalue weighted by Crippen LogP contribution is -2.43. The van der Waals surface area contributed by atoms with Crippen molar-refractivity contribution in [1.29, 1.82) is 0 Å². The molecule has 2 aromatic heterocycles. The van der Waals surface area contributed by atoms with Crippen molar-refractivity contribution in [2.45, 2.75) is 95.6 Å². The van der Waals surface area contributed by atoms with Gasteiger partial charge in [-0.3, -0.25) is 4.90 Å². The van der Waals surface area contributed by atoms with Gasteiger partial charge in [-0.05, 0) is 77.1 Å². The van der Waals surface area contributed by atoms with E-state index in [4.69, 9.17) is 19.2 Å². The molecule has 2 fully saturated rings. The van der Waals surface area contributed by atoms with Crippen LogP contribution in [0.4, 0.5) is 19.0 Å². The van der Waals surface area contributed by atoms with Gasteiger partial charge in [-0.2, -0.15) is 4.98 Å². The second kappa shape index (κ2) is 17.9. The molecule has 0 saturated carbocycles. The Hall–Kier alpha value is -4.96. The Balaban J connectivity index is 1.41. The molecule has 7 rings (SSSR count). The number of rotatable bonds is 15. The number of benzene rings is 3. The fourth-order valence-corrected chi connectivity index (χ4v) is 15.0. The van der Waals surface area contributed by atoms with Crippen LogP contribution in [-0.4, -0.2) is 79.8 Å². The first-order valence-corrected chi connectivity index (χ1v) is 23.3. The molecular formula is C48H56F3N5O3Si. The fourth-order valence-electron chi connectivity index (χ4n) is 9.81. The van der Waals surface area contributed by atoms with Gasteiger partial charge >= 0.3 is 6.01 Å². The van der Waals surface area contributed by atoms with E-state index in [1.165, 1.54) is 19.4 Å². The summed E-state index contributed by atoms with van der Waals surface area (Å²) in [7, 11) is -0.802. The molecule has 0 amide bonds. The predicted octanol–water partition coefficient (Wildman–Crippen LogP) is 10.9.